The predicted octanol–water partition coefficient (Wildman–Crippen LogP) is 1.26. The van der Waals surface area contributed by atoms with Crippen LogP contribution >= 0.6 is 7.75 Å². The van der Waals surface area contributed by atoms with Gasteiger partial charge in [0.15, 0.2) is 23.2 Å². The molecule has 1 aliphatic carbocycles. The summed E-state index contributed by atoms with van der Waals surface area (Å²) in [5.74, 6) is -0.668. The second-order valence-corrected chi connectivity index (χ2v) is 11.5. The fraction of sp³-hybridized carbons (Fsp3) is 0.478. The molecule has 5 rings (SSSR count). The average molecular weight is 564 g/mol. The number of aliphatic carboxylic acids is 1. The molecule has 39 heavy (non-hydrogen) atoms. The first-order chi connectivity index (χ1) is 18.5. The highest BCUT2D eigenvalue weighted by molar-refractivity contribution is 7.52. The van der Waals surface area contributed by atoms with Gasteiger partial charge >= 0.3 is 13.7 Å². The van der Waals surface area contributed by atoms with Crippen molar-refractivity contribution in [3.8, 4) is 5.75 Å². The van der Waals surface area contributed by atoms with Crippen LogP contribution in [-0.4, -0.2) is 77.3 Å². The van der Waals surface area contributed by atoms with E-state index < -0.39 is 50.4 Å². The molecule has 2 fully saturated rings. The van der Waals surface area contributed by atoms with Crippen molar-refractivity contribution in [3.05, 3.63) is 36.7 Å². The molecule has 0 bridgehead atoms. The number of carbonyl (C=O) groups is 1. The SMILES string of the molecule is CC(NP(=O)(OC[C@H]1O[C@@H](n2cnc3c(NC4CC4)nc(N)nc32)[C@](C)(O)[C@@H]1O)Oc1ccccc1)C(=O)O. The number of hydrogen-bond acceptors (Lipinski definition) is 12. The van der Waals surface area contributed by atoms with Crippen LogP contribution in [0.15, 0.2) is 36.7 Å². The van der Waals surface area contributed by atoms with Gasteiger partial charge in [-0.15, -0.1) is 0 Å². The molecule has 7 N–H and O–H groups in total. The van der Waals surface area contributed by atoms with E-state index in [4.69, 9.17) is 19.5 Å². The molecule has 0 spiro atoms. The third-order valence-corrected chi connectivity index (χ3v) is 8.11. The Morgan fingerprint density at radius 3 is 2.72 bits per heavy atom. The monoisotopic (exact) mass is 563 g/mol. The molecule has 1 aromatic carbocycles. The normalized spacial score (nSPS) is 27.2. The Kier molecular flexibility index (Phi) is 7.22. The van der Waals surface area contributed by atoms with Crippen LogP contribution in [0.5, 0.6) is 5.75 Å². The Labute approximate surface area is 222 Å². The van der Waals surface area contributed by atoms with Crippen LogP contribution in [0.4, 0.5) is 11.8 Å². The summed E-state index contributed by atoms with van der Waals surface area (Å²) in [6.07, 6.45) is -0.498. The summed E-state index contributed by atoms with van der Waals surface area (Å²) in [5, 5.41) is 37.1. The van der Waals surface area contributed by atoms with Gasteiger partial charge in [-0.3, -0.25) is 13.9 Å². The molecule has 1 saturated heterocycles. The Hall–Kier alpha value is -3.33. The number of fused-ring (bicyclic) bond motifs is 1. The second kappa shape index (κ2) is 10.3. The maximum absolute atomic E-state index is 13.5. The highest BCUT2D eigenvalue weighted by Gasteiger charge is 2.54. The fourth-order valence-electron chi connectivity index (χ4n) is 4.18. The van der Waals surface area contributed by atoms with E-state index in [1.807, 2.05) is 0 Å². The van der Waals surface area contributed by atoms with Gasteiger partial charge in [-0.05, 0) is 38.8 Å². The Morgan fingerprint density at radius 2 is 2.05 bits per heavy atom. The van der Waals surface area contributed by atoms with Gasteiger partial charge in [-0.25, -0.2) is 9.55 Å². The van der Waals surface area contributed by atoms with E-state index in [-0.39, 0.29) is 23.4 Å². The van der Waals surface area contributed by atoms with Crippen molar-refractivity contribution in [2.75, 3.05) is 17.7 Å². The first-order valence-electron chi connectivity index (χ1n) is 12.3. The zero-order valence-electron chi connectivity index (χ0n) is 21.2. The number of aromatic nitrogens is 4. The van der Waals surface area contributed by atoms with Crippen molar-refractivity contribution < 1.29 is 38.5 Å². The number of rotatable bonds is 11. The average Bonchev–Trinajstić information content (AvgIpc) is 3.55. The minimum absolute atomic E-state index is 0.0110. The summed E-state index contributed by atoms with van der Waals surface area (Å²) in [4.78, 5) is 24.2. The molecule has 3 aromatic rings. The van der Waals surface area contributed by atoms with Crippen LogP contribution in [0.25, 0.3) is 11.2 Å². The topological polar surface area (TPSA) is 216 Å². The van der Waals surface area contributed by atoms with E-state index in [0.29, 0.717) is 11.3 Å². The van der Waals surface area contributed by atoms with Crippen LogP contribution in [-0.2, 0) is 18.6 Å². The molecular formula is C23H30N7O8P. The van der Waals surface area contributed by atoms with Crippen molar-refractivity contribution in [1.29, 1.82) is 0 Å². The van der Waals surface area contributed by atoms with Gasteiger partial charge in [-0.1, -0.05) is 18.2 Å². The number of carboxylic acids is 1. The highest BCUT2D eigenvalue weighted by atomic mass is 31.2. The number of nitrogen functional groups attached to an aromatic ring is 1. The van der Waals surface area contributed by atoms with E-state index in [1.54, 1.807) is 18.2 Å². The van der Waals surface area contributed by atoms with Crippen molar-refractivity contribution in [2.45, 2.75) is 62.8 Å². The van der Waals surface area contributed by atoms with Crippen LogP contribution in [0.3, 0.4) is 0 Å². The smallest absolute Gasteiger partial charge is 0.459 e. The number of carboxylic acid groups (broad SMARTS) is 1. The molecule has 1 saturated carbocycles. The maximum atomic E-state index is 13.5. The zero-order valence-corrected chi connectivity index (χ0v) is 22.1. The maximum Gasteiger partial charge on any atom is 0.459 e. The number of para-hydroxylation sites is 1. The third kappa shape index (κ3) is 5.69. The number of anilines is 2. The number of nitrogens with zero attached hydrogens (tertiary/aromatic N) is 4. The van der Waals surface area contributed by atoms with Crippen molar-refractivity contribution in [3.63, 3.8) is 0 Å². The van der Waals surface area contributed by atoms with Crippen LogP contribution in [0.2, 0.25) is 0 Å². The van der Waals surface area contributed by atoms with Gasteiger partial charge in [-0.2, -0.15) is 15.1 Å². The van der Waals surface area contributed by atoms with Gasteiger partial charge < -0.3 is 35.6 Å². The predicted molar refractivity (Wildman–Crippen MR) is 138 cm³/mol. The molecule has 210 valence electrons. The minimum Gasteiger partial charge on any atom is -0.480 e. The number of nitrogens with one attached hydrogen (secondary N) is 2. The molecule has 2 aliphatic rings. The quantitative estimate of drug-likeness (QED) is 0.181. The van der Waals surface area contributed by atoms with E-state index in [2.05, 4.69) is 25.4 Å². The number of aliphatic hydroxyl groups excluding tert-OH is 1. The van der Waals surface area contributed by atoms with Crippen molar-refractivity contribution in [1.82, 2.24) is 24.6 Å². The molecule has 16 heteroatoms. The molecule has 3 heterocycles. The van der Waals surface area contributed by atoms with E-state index in [1.165, 1.54) is 36.9 Å². The second-order valence-electron chi connectivity index (χ2n) is 9.76. The van der Waals surface area contributed by atoms with E-state index in [9.17, 15) is 24.7 Å². The molecule has 2 aromatic heterocycles. The Balaban J connectivity index is 1.37. The number of aliphatic hydroxyl groups is 2. The van der Waals surface area contributed by atoms with Crippen LogP contribution in [0, 0.1) is 0 Å². The summed E-state index contributed by atoms with van der Waals surface area (Å²) in [5.41, 5.74) is 4.75. The summed E-state index contributed by atoms with van der Waals surface area (Å²) < 4.78 is 31.9. The fourth-order valence-corrected chi connectivity index (χ4v) is 5.69. The van der Waals surface area contributed by atoms with Gasteiger partial charge in [0.25, 0.3) is 0 Å². The lowest BCUT2D eigenvalue weighted by atomic mass is 9.96. The van der Waals surface area contributed by atoms with Gasteiger partial charge in [0, 0.05) is 6.04 Å². The summed E-state index contributed by atoms with van der Waals surface area (Å²) in [7, 11) is -4.28. The summed E-state index contributed by atoms with van der Waals surface area (Å²) in [6, 6.07) is 7.04. The summed E-state index contributed by atoms with van der Waals surface area (Å²) in [6.45, 7) is 2.13. The minimum atomic E-state index is -4.28. The standard InChI is InChI=1S/C23H30N7O8P/c1-12(20(32)33)29-39(35,38-14-6-4-3-5-7-14)36-10-15-17(31)23(2,34)21(37-15)30-11-25-16-18(26-13-8-9-13)27-22(24)28-19(16)30/h3-7,11-13,15,17,21,31,34H,8-10H2,1-2H3,(H,29,35)(H,32,33)(H3,24,26,27,28)/t12?,15-,17-,21-,23-,39?/m1/s1. The first-order valence-corrected chi connectivity index (χ1v) is 13.8. The largest absolute Gasteiger partial charge is 0.480 e. The van der Waals surface area contributed by atoms with E-state index in [0.717, 1.165) is 12.8 Å². The molecular weight excluding hydrogens is 533 g/mol. The number of nitrogens with two attached hydrogens (primary N) is 1. The molecule has 1 aliphatic heterocycles. The number of hydrogen-bond donors (Lipinski definition) is 6. The first kappa shape index (κ1) is 27.2. The zero-order chi connectivity index (χ0) is 27.9. The summed E-state index contributed by atoms with van der Waals surface area (Å²) >= 11 is 0. The van der Waals surface area contributed by atoms with Crippen molar-refractivity contribution >= 4 is 36.6 Å². The molecule has 6 atom stereocenters. The van der Waals surface area contributed by atoms with Gasteiger partial charge in [0.1, 0.15) is 29.6 Å². The molecule has 2 unspecified atom stereocenters. The highest BCUT2D eigenvalue weighted by Crippen LogP contribution is 2.47. The number of imidazole rings is 1. The van der Waals surface area contributed by atoms with Crippen molar-refractivity contribution in [2.24, 2.45) is 0 Å². The van der Waals surface area contributed by atoms with E-state index >= 15 is 0 Å². The lowest BCUT2D eigenvalue weighted by Gasteiger charge is -2.27. The van der Waals surface area contributed by atoms with Gasteiger partial charge in [0.2, 0.25) is 5.95 Å². The van der Waals surface area contributed by atoms with Crippen LogP contribution < -0.4 is 20.7 Å². The molecule has 15 nitrogen and oxygen atoms in total. The van der Waals surface area contributed by atoms with Crippen LogP contribution in [0.1, 0.15) is 32.9 Å². The van der Waals surface area contributed by atoms with Gasteiger partial charge in [0.05, 0.1) is 12.9 Å². The lowest BCUT2D eigenvalue weighted by Crippen LogP contribution is -2.44. The molecule has 0 amide bonds. The number of ether oxygens (including phenoxy) is 1. The Morgan fingerprint density at radius 1 is 1.33 bits per heavy atom. The molecule has 0 radical (unpaired) electrons. The Bertz CT molecular complexity index is 1400. The lowest BCUT2D eigenvalue weighted by molar-refractivity contribution is -0.138. The third-order valence-electron chi connectivity index (χ3n) is 6.46. The number of benzene rings is 1.